The third-order valence-electron chi connectivity index (χ3n) is 1.99. The van der Waals surface area contributed by atoms with Crippen LogP contribution in [0.1, 0.15) is 13.8 Å². The van der Waals surface area contributed by atoms with Gasteiger partial charge in [-0.1, -0.05) is 0 Å². The van der Waals surface area contributed by atoms with Crippen molar-refractivity contribution in [1.82, 2.24) is 5.32 Å². The minimum Gasteiger partial charge on any atom is -0.480 e. The van der Waals surface area contributed by atoms with Crippen molar-refractivity contribution in [2.45, 2.75) is 26.0 Å². The van der Waals surface area contributed by atoms with Crippen molar-refractivity contribution in [2.75, 3.05) is 19.8 Å². The predicted octanol–water partition coefficient (Wildman–Crippen LogP) is -1.37. The second-order valence-electron chi connectivity index (χ2n) is 4.11. The number of aliphatic hydroxyl groups excluding tert-OH is 1. The molecule has 0 aromatic carbocycles. The van der Waals surface area contributed by atoms with Gasteiger partial charge >= 0.3 is 19.8 Å². The number of carboxylic acids is 1. The van der Waals surface area contributed by atoms with Crippen LogP contribution in [0.5, 0.6) is 0 Å². The van der Waals surface area contributed by atoms with Crippen molar-refractivity contribution in [3.8, 4) is 0 Å². The summed E-state index contributed by atoms with van der Waals surface area (Å²) in [6.45, 7) is 0.235. The fraction of sp³-hybridized carbons (Fsp3) is 0.700. The lowest BCUT2D eigenvalue weighted by atomic mass is 10.3. The van der Waals surface area contributed by atoms with Gasteiger partial charge in [-0.25, -0.2) is 9.36 Å². The van der Waals surface area contributed by atoms with Gasteiger partial charge < -0.3 is 25.2 Å². The number of esters is 1. The number of nitrogens with one attached hydrogen (secondary N) is 1. The number of amides is 1. The molecule has 0 aliphatic heterocycles. The molecule has 0 aromatic heterocycles. The summed E-state index contributed by atoms with van der Waals surface area (Å²) in [5.41, 5.74) is 0. The highest BCUT2D eigenvalue weighted by Crippen LogP contribution is 2.43. The Morgan fingerprint density at radius 2 is 1.68 bits per heavy atom. The van der Waals surface area contributed by atoms with Crippen LogP contribution in [0.25, 0.3) is 0 Å². The third-order valence-corrected chi connectivity index (χ3v) is 2.94. The van der Waals surface area contributed by atoms with E-state index in [0.717, 1.165) is 13.8 Å². The average Bonchev–Trinajstić information content (AvgIpc) is 2.38. The van der Waals surface area contributed by atoms with E-state index in [1.54, 1.807) is 0 Å². The van der Waals surface area contributed by atoms with Gasteiger partial charge in [0.25, 0.3) is 0 Å². The molecule has 3 atom stereocenters. The van der Waals surface area contributed by atoms with Gasteiger partial charge in [0.05, 0.1) is 13.2 Å². The molecule has 0 bridgehead atoms. The lowest BCUT2D eigenvalue weighted by molar-refractivity contribution is -0.144. The van der Waals surface area contributed by atoms with E-state index < -0.39 is 57.6 Å². The number of carboxylic acid groups (broad SMARTS) is 1. The zero-order chi connectivity index (χ0) is 17.3. The Hall–Kier alpha value is -1.52. The van der Waals surface area contributed by atoms with Crippen LogP contribution in [0.4, 0.5) is 0 Å². The molecular weight excluding hydrogens is 325 g/mol. The van der Waals surface area contributed by atoms with Gasteiger partial charge in [0.15, 0.2) is 6.04 Å². The predicted molar refractivity (Wildman–Crippen MR) is 69.6 cm³/mol. The van der Waals surface area contributed by atoms with Crippen LogP contribution in [0.15, 0.2) is 0 Å². The smallest absolute Gasteiger partial charge is 0.472 e. The van der Waals surface area contributed by atoms with Crippen LogP contribution >= 0.6 is 7.82 Å². The number of phosphoric ester groups is 1. The van der Waals surface area contributed by atoms with Gasteiger partial charge in [0, 0.05) is 13.8 Å². The number of carbonyl (C=O) groups excluding carboxylic acids is 2. The standard InChI is InChI=1S/C10H18NO10P/c1-6(12)11-9(10(15)16)5-21-22(17,18)20-4-8(14)3-19-7(2)13/h8-9,14H,3-5H2,1-2H3,(H,11,12)(H,15,16)(H,17,18). The topological polar surface area (TPSA) is 169 Å². The van der Waals surface area contributed by atoms with E-state index in [-0.39, 0.29) is 0 Å². The van der Waals surface area contributed by atoms with Crippen molar-refractivity contribution < 1.29 is 47.8 Å². The van der Waals surface area contributed by atoms with E-state index in [0.29, 0.717) is 0 Å². The minimum absolute atomic E-state index is 0.445. The lowest BCUT2D eigenvalue weighted by Crippen LogP contribution is -2.42. The monoisotopic (exact) mass is 343 g/mol. The van der Waals surface area contributed by atoms with Crippen molar-refractivity contribution in [3.05, 3.63) is 0 Å². The summed E-state index contributed by atoms with van der Waals surface area (Å²) < 4.78 is 24.7. The molecule has 128 valence electrons. The number of carbonyl (C=O) groups is 3. The summed E-state index contributed by atoms with van der Waals surface area (Å²) >= 11 is 0. The SMILES string of the molecule is CC(=O)NC(COP(=O)(O)OCC(O)COC(C)=O)C(=O)O. The quantitative estimate of drug-likeness (QED) is 0.274. The Morgan fingerprint density at radius 3 is 2.14 bits per heavy atom. The summed E-state index contributed by atoms with van der Waals surface area (Å²) in [4.78, 5) is 41.3. The molecule has 0 saturated heterocycles. The fourth-order valence-electron chi connectivity index (χ4n) is 1.07. The van der Waals surface area contributed by atoms with E-state index in [4.69, 9.17) is 5.11 Å². The molecule has 0 saturated carbocycles. The van der Waals surface area contributed by atoms with Gasteiger partial charge in [-0.05, 0) is 0 Å². The highest BCUT2D eigenvalue weighted by Gasteiger charge is 2.28. The summed E-state index contributed by atoms with van der Waals surface area (Å²) in [5, 5.41) is 20.1. The Bertz CT molecular complexity index is 453. The van der Waals surface area contributed by atoms with E-state index in [1.807, 2.05) is 5.32 Å². The van der Waals surface area contributed by atoms with E-state index >= 15 is 0 Å². The summed E-state index contributed by atoms with van der Waals surface area (Å²) in [6.07, 6.45) is -1.36. The van der Waals surface area contributed by atoms with Crippen LogP contribution in [0, 0.1) is 0 Å². The number of rotatable bonds is 10. The largest absolute Gasteiger partial charge is 0.480 e. The molecule has 11 nitrogen and oxygen atoms in total. The Labute approximate surface area is 125 Å². The maximum Gasteiger partial charge on any atom is 0.472 e. The molecule has 22 heavy (non-hydrogen) atoms. The Balaban J connectivity index is 4.27. The van der Waals surface area contributed by atoms with Crippen molar-refractivity contribution >= 4 is 25.7 Å². The van der Waals surface area contributed by atoms with E-state index in [2.05, 4.69) is 13.8 Å². The van der Waals surface area contributed by atoms with Crippen molar-refractivity contribution in [2.24, 2.45) is 0 Å². The molecular formula is C10H18NO10P. The normalized spacial score (nSPS) is 16.2. The molecule has 0 aliphatic carbocycles. The third kappa shape index (κ3) is 10.2. The first-order chi connectivity index (χ1) is 10.0. The molecule has 0 fully saturated rings. The number of hydrogen-bond acceptors (Lipinski definition) is 8. The molecule has 0 rings (SSSR count). The molecule has 0 spiro atoms. The van der Waals surface area contributed by atoms with Crippen molar-refractivity contribution in [1.29, 1.82) is 0 Å². The van der Waals surface area contributed by atoms with Gasteiger partial charge in [0.2, 0.25) is 5.91 Å². The Morgan fingerprint density at radius 1 is 1.14 bits per heavy atom. The highest BCUT2D eigenvalue weighted by molar-refractivity contribution is 7.47. The first kappa shape index (κ1) is 20.5. The van der Waals surface area contributed by atoms with Gasteiger partial charge in [-0.15, -0.1) is 0 Å². The second-order valence-corrected chi connectivity index (χ2v) is 5.56. The first-order valence-electron chi connectivity index (χ1n) is 5.96. The highest BCUT2D eigenvalue weighted by atomic mass is 31.2. The number of phosphoric acid groups is 1. The van der Waals surface area contributed by atoms with E-state index in [9.17, 15) is 28.9 Å². The van der Waals surface area contributed by atoms with Crippen LogP contribution in [0.2, 0.25) is 0 Å². The molecule has 0 aromatic rings. The zero-order valence-electron chi connectivity index (χ0n) is 11.9. The van der Waals surface area contributed by atoms with Gasteiger partial charge in [-0.3, -0.25) is 18.6 Å². The summed E-state index contributed by atoms with van der Waals surface area (Å²) in [6, 6.07) is -1.53. The number of hydrogen-bond donors (Lipinski definition) is 4. The molecule has 0 radical (unpaired) electrons. The molecule has 3 unspecified atom stereocenters. The zero-order valence-corrected chi connectivity index (χ0v) is 12.8. The second kappa shape index (κ2) is 9.49. The van der Waals surface area contributed by atoms with Gasteiger partial charge in [-0.2, -0.15) is 0 Å². The maximum absolute atomic E-state index is 11.5. The molecule has 12 heteroatoms. The van der Waals surface area contributed by atoms with Crippen LogP contribution in [-0.4, -0.2) is 64.9 Å². The first-order valence-corrected chi connectivity index (χ1v) is 7.46. The van der Waals surface area contributed by atoms with Crippen LogP contribution < -0.4 is 5.32 Å². The molecule has 4 N–H and O–H groups in total. The van der Waals surface area contributed by atoms with Gasteiger partial charge in [0.1, 0.15) is 12.7 Å². The Kier molecular flexibility index (Phi) is 8.83. The average molecular weight is 343 g/mol. The molecule has 1 amide bonds. The van der Waals surface area contributed by atoms with E-state index in [1.165, 1.54) is 0 Å². The van der Waals surface area contributed by atoms with Crippen LogP contribution in [0.3, 0.4) is 0 Å². The minimum atomic E-state index is -4.65. The fourth-order valence-corrected chi connectivity index (χ4v) is 1.84. The number of aliphatic hydroxyl groups is 1. The maximum atomic E-state index is 11.5. The van der Waals surface area contributed by atoms with Crippen molar-refractivity contribution in [3.63, 3.8) is 0 Å². The molecule has 0 aliphatic rings. The number of aliphatic carboxylic acids is 1. The molecule has 0 heterocycles. The lowest BCUT2D eigenvalue weighted by Gasteiger charge is -2.17. The number of ether oxygens (including phenoxy) is 1. The summed E-state index contributed by atoms with van der Waals surface area (Å²) in [7, 11) is -4.65. The summed E-state index contributed by atoms with van der Waals surface area (Å²) in [5.74, 6) is -2.78. The van der Waals surface area contributed by atoms with Crippen LogP contribution in [-0.2, 0) is 32.7 Å².